The fourth-order valence-corrected chi connectivity index (χ4v) is 2.06. The summed E-state index contributed by atoms with van der Waals surface area (Å²) in [6.45, 7) is 0. The third-order valence-electron chi connectivity index (χ3n) is 2.92. The van der Waals surface area contributed by atoms with Crippen LogP contribution in [-0.2, 0) is 4.79 Å². The average molecular weight is 212 g/mol. The van der Waals surface area contributed by atoms with Gasteiger partial charge >= 0.3 is 0 Å². The minimum absolute atomic E-state index is 0.00120. The van der Waals surface area contributed by atoms with Crippen molar-refractivity contribution in [1.82, 2.24) is 5.32 Å². The van der Waals surface area contributed by atoms with Gasteiger partial charge in [-0.05, 0) is 37.5 Å². The van der Waals surface area contributed by atoms with E-state index in [0.29, 0.717) is 6.04 Å². The van der Waals surface area contributed by atoms with Crippen LogP contribution in [0.25, 0.3) is 0 Å². The first-order valence-electron chi connectivity index (χ1n) is 5.24. The summed E-state index contributed by atoms with van der Waals surface area (Å²) in [4.78, 5) is 11.7. The first-order chi connectivity index (χ1) is 6.66. The molecule has 0 aliphatic heterocycles. The van der Waals surface area contributed by atoms with E-state index in [0.717, 1.165) is 11.8 Å². The van der Waals surface area contributed by atoms with Crippen LogP contribution in [0.3, 0.4) is 0 Å². The maximum absolute atomic E-state index is 11.4. The highest BCUT2D eigenvalue weighted by Gasteiger charge is 2.42. The van der Waals surface area contributed by atoms with Crippen molar-refractivity contribution < 1.29 is 4.79 Å². The molecular formula is C10H16N2OS. The molecule has 2 aliphatic carbocycles. The Kier molecular flexibility index (Phi) is 2.72. The van der Waals surface area contributed by atoms with Gasteiger partial charge in [0.15, 0.2) is 0 Å². The van der Waals surface area contributed by atoms with E-state index in [9.17, 15) is 4.79 Å². The lowest BCUT2D eigenvalue weighted by Gasteiger charge is -2.17. The quantitative estimate of drug-likeness (QED) is 0.668. The van der Waals surface area contributed by atoms with E-state index in [4.69, 9.17) is 18.0 Å². The van der Waals surface area contributed by atoms with Crippen LogP contribution in [0.4, 0.5) is 0 Å². The second-order valence-electron chi connectivity index (χ2n) is 4.41. The number of hydrogen-bond donors (Lipinski definition) is 2. The second-order valence-corrected chi connectivity index (χ2v) is 4.94. The highest BCUT2D eigenvalue weighted by molar-refractivity contribution is 7.80. The van der Waals surface area contributed by atoms with E-state index in [2.05, 4.69) is 5.32 Å². The van der Waals surface area contributed by atoms with E-state index < -0.39 is 0 Å². The molecule has 14 heavy (non-hydrogen) atoms. The van der Waals surface area contributed by atoms with Gasteiger partial charge in [0.25, 0.3) is 0 Å². The van der Waals surface area contributed by atoms with Crippen molar-refractivity contribution in [3.8, 4) is 0 Å². The van der Waals surface area contributed by atoms with Crippen LogP contribution >= 0.6 is 12.2 Å². The highest BCUT2D eigenvalue weighted by Crippen LogP contribution is 2.44. The van der Waals surface area contributed by atoms with Crippen molar-refractivity contribution in [2.24, 2.45) is 17.6 Å². The topological polar surface area (TPSA) is 55.1 Å². The van der Waals surface area contributed by atoms with Crippen LogP contribution in [0, 0.1) is 11.8 Å². The minimum Gasteiger partial charge on any atom is -0.393 e. The van der Waals surface area contributed by atoms with Crippen molar-refractivity contribution in [1.29, 1.82) is 0 Å². The molecule has 2 fully saturated rings. The normalized spacial score (nSPS) is 20.9. The van der Waals surface area contributed by atoms with E-state index in [1.165, 1.54) is 25.7 Å². The van der Waals surface area contributed by atoms with Crippen LogP contribution in [0.1, 0.15) is 32.1 Å². The number of carbonyl (C=O) groups is 1. The number of nitrogens with two attached hydrogens (primary N) is 1. The predicted molar refractivity (Wildman–Crippen MR) is 58.8 cm³/mol. The lowest BCUT2D eigenvalue weighted by atomic mass is 10.1. The highest BCUT2D eigenvalue weighted by atomic mass is 32.1. The van der Waals surface area contributed by atoms with Gasteiger partial charge in [-0.15, -0.1) is 0 Å². The molecule has 0 radical (unpaired) electrons. The van der Waals surface area contributed by atoms with Crippen molar-refractivity contribution in [2.75, 3.05) is 0 Å². The van der Waals surface area contributed by atoms with Gasteiger partial charge in [-0.25, -0.2) is 0 Å². The average Bonchev–Trinajstić information content (AvgIpc) is 2.94. The molecule has 0 heterocycles. The van der Waals surface area contributed by atoms with Gasteiger partial charge in [0, 0.05) is 6.04 Å². The Morgan fingerprint density at radius 1 is 1.36 bits per heavy atom. The van der Waals surface area contributed by atoms with Gasteiger partial charge < -0.3 is 11.1 Å². The Morgan fingerprint density at radius 3 is 2.21 bits per heavy atom. The Labute approximate surface area is 89.4 Å². The number of carbonyl (C=O) groups excluding carboxylic acids is 1. The lowest BCUT2D eigenvalue weighted by Crippen LogP contribution is -2.39. The summed E-state index contributed by atoms with van der Waals surface area (Å²) < 4.78 is 0. The zero-order valence-corrected chi connectivity index (χ0v) is 8.98. The van der Waals surface area contributed by atoms with Crippen LogP contribution in [0.5, 0.6) is 0 Å². The first kappa shape index (κ1) is 9.90. The SMILES string of the molecule is NC(=S)CC(=O)NC(C1CC1)C1CC1. The standard InChI is InChI=1S/C10H16N2OS/c11-8(14)5-9(13)12-10(6-1-2-6)7-3-4-7/h6-7,10H,1-5H2,(H2,11,14)(H,12,13). The van der Waals surface area contributed by atoms with Gasteiger partial charge in [0.2, 0.25) is 5.91 Å². The zero-order valence-electron chi connectivity index (χ0n) is 8.16. The van der Waals surface area contributed by atoms with Gasteiger partial charge in [-0.2, -0.15) is 0 Å². The van der Waals surface area contributed by atoms with Crippen molar-refractivity contribution in [2.45, 2.75) is 38.1 Å². The molecule has 0 aromatic carbocycles. The molecule has 2 saturated carbocycles. The van der Waals surface area contributed by atoms with E-state index >= 15 is 0 Å². The summed E-state index contributed by atoms with van der Waals surface area (Å²) in [6.07, 6.45) is 5.29. The second kappa shape index (κ2) is 3.85. The molecule has 2 aliphatic rings. The number of hydrogen-bond acceptors (Lipinski definition) is 2. The third-order valence-corrected chi connectivity index (χ3v) is 3.07. The van der Waals surface area contributed by atoms with Crippen LogP contribution in [-0.4, -0.2) is 16.9 Å². The number of nitrogens with one attached hydrogen (secondary N) is 1. The lowest BCUT2D eigenvalue weighted by molar-refractivity contribution is -0.120. The largest absolute Gasteiger partial charge is 0.393 e. The summed E-state index contributed by atoms with van der Waals surface area (Å²) in [5, 5.41) is 3.07. The minimum atomic E-state index is 0.00120. The van der Waals surface area contributed by atoms with Gasteiger partial charge in [0.1, 0.15) is 0 Å². The van der Waals surface area contributed by atoms with Gasteiger partial charge in [0.05, 0.1) is 11.4 Å². The zero-order chi connectivity index (χ0) is 10.1. The fourth-order valence-electron chi connectivity index (χ4n) is 1.93. The van der Waals surface area contributed by atoms with E-state index in [-0.39, 0.29) is 17.3 Å². The Morgan fingerprint density at radius 2 is 1.86 bits per heavy atom. The van der Waals surface area contributed by atoms with Crippen molar-refractivity contribution in [3.63, 3.8) is 0 Å². The number of amides is 1. The molecule has 0 aromatic heterocycles. The summed E-state index contributed by atoms with van der Waals surface area (Å²) >= 11 is 4.70. The molecule has 0 spiro atoms. The fraction of sp³-hybridized carbons (Fsp3) is 0.800. The van der Waals surface area contributed by atoms with Gasteiger partial charge in [-0.3, -0.25) is 4.79 Å². The molecule has 78 valence electrons. The summed E-state index contributed by atoms with van der Waals surface area (Å²) in [5.41, 5.74) is 5.32. The summed E-state index contributed by atoms with van der Waals surface area (Å²) in [7, 11) is 0. The van der Waals surface area contributed by atoms with Crippen LogP contribution in [0.2, 0.25) is 0 Å². The molecule has 0 bridgehead atoms. The van der Waals surface area contributed by atoms with Gasteiger partial charge in [-0.1, -0.05) is 12.2 Å². The molecule has 0 atom stereocenters. The van der Waals surface area contributed by atoms with Crippen molar-refractivity contribution in [3.05, 3.63) is 0 Å². The number of rotatable bonds is 5. The smallest absolute Gasteiger partial charge is 0.227 e. The van der Waals surface area contributed by atoms with E-state index in [1.54, 1.807) is 0 Å². The molecule has 2 rings (SSSR count). The molecule has 3 N–H and O–H groups in total. The van der Waals surface area contributed by atoms with E-state index in [1.807, 2.05) is 0 Å². The Balaban J connectivity index is 1.80. The maximum Gasteiger partial charge on any atom is 0.227 e. The molecular weight excluding hydrogens is 196 g/mol. The molecule has 0 aromatic rings. The maximum atomic E-state index is 11.4. The summed E-state index contributed by atoms with van der Waals surface area (Å²) in [6, 6.07) is 0.414. The molecule has 0 unspecified atom stereocenters. The molecule has 0 saturated heterocycles. The van der Waals surface area contributed by atoms with Crippen LogP contribution < -0.4 is 11.1 Å². The Bertz CT molecular complexity index is 247. The number of thiocarbonyl (C=S) groups is 1. The predicted octanol–water partition coefficient (Wildman–Crippen LogP) is 0.967. The molecule has 3 nitrogen and oxygen atoms in total. The monoisotopic (exact) mass is 212 g/mol. The molecule has 4 heteroatoms. The Hall–Kier alpha value is -0.640. The third kappa shape index (κ3) is 2.67. The summed E-state index contributed by atoms with van der Waals surface area (Å²) in [5.74, 6) is 1.47. The molecule has 1 amide bonds. The first-order valence-corrected chi connectivity index (χ1v) is 5.65. The van der Waals surface area contributed by atoms with Crippen LogP contribution in [0.15, 0.2) is 0 Å². The van der Waals surface area contributed by atoms with Crippen molar-refractivity contribution >= 4 is 23.1 Å².